The van der Waals surface area contributed by atoms with E-state index >= 15 is 0 Å². The van der Waals surface area contributed by atoms with Crippen molar-refractivity contribution in [3.63, 3.8) is 0 Å². The van der Waals surface area contributed by atoms with Crippen molar-refractivity contribution in [2.24, 2.45) is 11.0 Å². The van der Waals surface area contributed by atoms with E-state index in [-0.39, 0.29) is 28.3 Å². The Kier molecular flexibility index (Phi) is 7.16. The van der Waals surface area contributed by atoms with Crippen LogP contribution in [-0.2, 0) is 10.0 Å². The molecule has 39 heavy (non-hydrogen) atoms. The second-order valence-electron chi connectivity index (χ2n) is 9.42. The fraction of sp³-hybridized carbons (Fsp3) is 0.172. The molecule has 2 aromatic heterocycles. The number of carbonyl (C=O) groups excluding carboxylic acids is 1. The van der Waals surface area contributed by atoms with Crippen LogP contribution in [0.15, 0.2) is 99.1 Å². The van der Waals surface area contributed by atoms with Gasteiger partial charge < -0.3 is 0 Å². The maximum Gasteiger partial charge on any atom is 0.274 e. The van der Waals surface area contributed by atoms with Crippen LogP contribution in [0.4, 0.5) is 5.69 Å². The number of hydrazone groups is 1. The molecule has 0 bridgehead atoms. The minimum absolute atomic E-state index is 0.00137. The van der Waals surface area contributed by atoms with Crippen molar-refractivity contribution in [1.82, 2.24) is 5.01 Å². The standard InChI is InChI=1S/C29H24ClN3O3S3/c30-21-11-13-22(14-12-21)32-39(35,36)24-8-1-6-20(18-24)29(34)33-28(26-10-4-16-38-26)25-9-2-5-19(27(25)31-33)17-23-7-3-15-37-23/h1,3-4,6-8,10-18,25,28,32H,2,5,9H2/b19-17+. The summed E-state index contributed by atoms with van der Waals surface area (Å²) in [5.41, 5.74) is 2.76. The number of anilines is 1. The minimum Gasteiger partial charge on any atom is -0.280 e. The molecule has 1 aliphatic carbocycles. The number of amides is 1. The number of carbonyl (C=O) groups is 1. The molecule has 0 radical (unpaired) electrons. The molecular formula is C29H24ClN3O3S3. The van der Waals surface area contributed by atoms with Crippen molar-refractivity contribution in [1.29, 1.82) is 0 Å². The monoisotopic (exact) mass is 593 g/mol. The van der Waals surface area contributed by atoms with Crippen LogP contribution in [0.3, 0.4) is 0 Å². The molecule has 2 aliphatic rings. The highest BCUT2D eigenvalue weighted by Crippen LogP contribution is 2.46. The molecule has 1 amide bonds. The predicted octanol–water partition coefficient (Wildman–Crippen LogP) is 7.70. The van der Waals surface area contributed by atoms with Crippen LogP contribution >= 0.6 is 34.3 Å². The van der Waals surface area contributed by atoms with Crippen LogP contribution < -0.4 is 4.72 Å². The first kappa shape index (κ1) is 26.0. The van der Waals surface area contributed by atoms with E-state index in [1.54, 1.807) is 64.1 Å². The summed E-state index contributed by atoms with van der Waals surface area (Å²) in [6.07, 6.45) is 5.06. The molecular weight excluding hydrogens is 570 g/mol. The Morgan fingerprint density at radius 3 is 2.56 bits per heavy atom. The number of hydrogen-bond donors (Lipinski definition) is 1. The number of sulfonamides is 1. The molecule has 0 saturated heterocycles. The van der Waals surface area contributed by atoms with Gasteiger partial charge in [-0.15, -0.1) is 22.7 Å². The molecule has 1 fully saturated rings. The smallest absolute Gasteiger partial charge is 0.274 e. The number of thiophene rings is 2. The number of hydrogen-bond acceptors (Lipinski definition) is 6. The van der Waals surface area contributed by atoms with Crippen LogP contribution in [0.2, 0.25) is 5.02 Å². The van der Waals surface area contributed by atoms with Gasteiger partial charge in [-0.3, -0.25) is 9.52 Å². The van der Waals surface area contributed by atoms with E-state index in [4.69, 9.17) is 16.7 Å². The molecule has 2 unspecified atom stereocenters. The third-order valence-corrected chi connectivity index (χ3v) is 10.3. The van der Waals surface area contributed by atoms with Gasteiger partial charge in [0.1, 0.15) is 0 Å². The summed E-state index contributed by atoms with van der Waals surface area (Å²) in [6, 6.07) is 20.4. The lowest BCUT2D eigenvalue weighted by Crippen LogP contribution is -2.31. The van der Waals surface area contributed by atoms with Gasteiger partial charge in [-0.1, -0.05) is 29.8 Å². The van der Waals surface area contributed by atoms with Crippen LogP contribution in [0.5, 0.6) is 0 Å². The number of nitrogens with one attached hydrogen (secondary N) is 1. The van der Waals surface area contributed by atoms with Gasteiger partial charge in [0.15, 0.2) is 0 Å². The summed E-state index contributed by atoms with van der Waals surface area (Å²) in [7, 11) is -3.93. The Balaban J connectivity index is 1.34. The molecule has 2 aromatic carbocycles. The van der Waals surface area contributed by atoms with Crippen LogP contribution in [-0.4, -0.2) is 25.0 Å². The average molecular weight is 594 g/mol. The van der Waals surface area contributed by atoms with Crippen molar-refractivity contribution in [3.8, 4) is 0 Å². The van der Waals surface area contributed by atoms with Crippen LogP contribution in [0.25, 0.3) is 6.08 Å². The second-order valence-corrected chi connectivity index (χ2v) is 13.5. The van der Waals surface area contributed by atoms with E-state index in [0.717, 1.165) is 40.3 Å². The molecule has 2 atom stereocenters. The topological polar surface area (TPSA) is 78.8 Å². The summed E-state index contributed by atoms with van der Waals surface area (Å²) in [4.78, 5) is 16.2. The fourth-order valence-electron chi connectivity index (χ4n) is 5.11. The SMILES string of the molecule is O=C(c1cccc(S(=O)(=O)Nc2ccc(Cl)cc2)c1)N1N=C2/C(=C/c3cccs3)CCCC2C1c1cccs1. The number of halogens is 1. The Morgan fingerprint density at radius 1 is 1.03 bits per heavy atom. The highest BCUT2D eigenvalue weighted by molar-refractivity contribution is 7.92. The maximum atomic E-state index is 14.0. The van der Waals surface area contributed by atoms with Crippen molar-refractivity contribution >= 4 is 67.7 Å². The lowest BCUT2D eigenvalue weighted by Gasteiger charge is -2.28. The molecule has 1 saturated carbocycles. The molecule has 10 heteroatoms. The Bertz CT molecular complexity index is 1660. The van der Waals surface area contributed by atoms with E-state index in [1.807, 2.05) is 23.6 Å². The van der Waals surface area contributed by atoms with Crippen molar-refractivity contribution < 1.29 is 13.2 Å². The molecule has 6 rings (SSSR count). The van der Waals surface area contributed by atoms with Gasteiger partial charge in [-0.05, 0) is 96.3 Å². The summed E-state index contributed by atoms with van der Waals surface area (Å²) in [5, 5.41) is 11.1. The number of fused-ring (bicyclic) bond motifs is 1. The maximum absolute atomic E-state index is 14.0. The zero-order valence-corrected chi connectivity index (χ0v) is 23.9. The fourth-order valence-corrected chi connectivity index (χ4v) is 7.90. The van der Waals surface area contributed by atoms with Gasteiger partial charge in [0.05, 0.1) is 16.6 Å². The van der Waals surface area contributed by atoms with Crippen LogP contribution in [0, 0.1) is 5.92 Å². The summed E-state index contributed by atoms with van der Waals surface area (Å²) in [6.45, 7) is 0. The van der Waals surface area contributed by atoms with Gasteiger partial charge in [-0.2, -0.15) is 5.10 Å². The first-order chi connectivity index (χ1) is 18.9. The van der Waals surface area contributed by atoms with Gasteiger partial charge in [0, 0.05) is 31.9 Å². The number of benzene rings is 2. The first-order valence-corrected chi connectivity index (χ1v) is 16.1. The Labute approximate surface area is 240 Å². The highest BCUT2D eigenvalue weighted by atomic mass is 35.5. The van der Waals surface area contributed by atoms with Gasteiger partial charge in [0.2, 0.25) is 0 Å². The van der Waals surface area contributed by atoms with E-state index in [1.165, 1.54) is 12.1 Å². The molecule has 0 spiro atoms. The van der Waals surface area contributed by atoms with Gasteiger partial charge in [-0.25, -0.2) is 13.4 Å². The molecule has 4 aromatic rings. The molecule has 198 valence electrons. The quantitative estimate of drug-likeness (QED) is 0.249. The Hall–Kier alpha value is -3.24. The van der Waals surface area contributed by atoms with Crippen molar-refractivity contribution in [2.75, 3.05) is 4.72 Å². The second kappa shape index (κ2) is 10.7. The van der Waals surface area contributed by atoms with Crippen molar-refractivity contribution in [2.45, 2.75) is 30.2 Å². The zero-order chi connectivity index (χ0) is 27.0. The third-order valence-electron chi connectivity index (χ3n) is 6.89. The average Bonchev–Trinajstić information content (AvgIpc) is 3.71. The first-order valence-electron chi connectivity index (χ1n) is 12.5. The largest absolute Gasteiger partial charge is 0.280 e. The molecule has 6 nitrogen and oxygen atoms in total. The molecule has 3 heterocycles. The zero-order valence-electron chi connectivity index (χ0n) is 20.7. The summed E-state index contributed by atoms with van der Waals surface area (Å²) in [5.74, 6) is -0.236. The Morgan fingerprint density at radius 2 is 1.82 bits per heavy atom. The lowest BCUT2D eigenvalue weighted by molar-refractivity contribution is 0.0684. The number of nitrogens with zero attached hydrogens (tertiary/aromatic N) is 2. The highest BCUT2D eigenvalue weighted by Gasteiger charge is 2.44. The summed E-state index contributed by atoms with van der Waals surface area (Å²) >= 11 is 9.21. The van der Waals surface area contributed by atoms with Gasteiger partial charge >= 0.3 is 0 Å². The normalized spacial score (nSPS) is 20.1. The summed E-state index contributed by atoms with van der Waals surface area (Å²) < 4.78 is 28.8. The van der Waals surface area contributed by atoms with E-state index in [2.05, 4.69) is 22.2 Å². The third kappa shape index (κ3) is 5.32. The van der Waals surface area contributed by atoms with E-state index in [9.17, 15) is 13.2 Å². The van der Waals surface area contributed by atoms with E-state index < -0.39 is 10.0 Å². The van der Waals surface area contributed by atoms with Crippen molar-refractivity contribution in [3.05, 3.63) is 109 Å². The predicted molar refractivity (Wildman–Crippen MR) is 159 cm³/mol. The number of allylic oxidation sites excluding steroid dienone is 1. The minimum atomic E-state index is -3.93. The number of rotatable bonds is 6. The molecule has 1 aliphatic heterocycles. The van der Waals surface area contributed by atoms with Gasteiger partial charge in [0.25, 0.3) is 15.9 Å². The van der Waals surface area contributed by atoms with E-state index in [0.29, 0.717) is 10.7 Å². The molecule has 1 N–H and O–H groups in total. The van der Waals surface area contributed by atoms with Crippen LogP contribution in [0.1, 0.15) is 45.4 Å². The lowest BCUT2D eigenvalue weighted by atomic mass is 9.79.